The number of ether oxygens (including phenoxy) is 2. The van der Waals surface area contributed by atoms with Crippen LogP contribution in [0.15, 0.2) is 48.6 Å². The molecule has 0 saturated heterocycles. The molecular formula is C46H83O11P. The lowest BCUT2D eigenvalue weighted by Gasteiger charge is -2.20. The number of hydrogen-bond donors (Lipinski definition) is 4. The number of aliphatic hydroxyl groups excluding tert-OH is 3. The number of unbranched alkanes of at least 4 members (excludes halogenated alkanes) is 16. The number of rotatable bonds is 41. The highest BCUT2D eigenvalue weighted by atomic mass is 31.2. The molecule has 0 aliphatic rings. The summed E-state index contributed by atoms with van der Waals surface area (Å²) in [7, 11) is -4.67. The zero-order valence-electron chi connectivity index (χ0n) is 36.5. The molecule has 11 nitrogen and oxygen atoms in total. The molecule has 0 radical (unpaired) electrons. The van der Waals surface area contributed by atoms with Gasteiger partial charge in [0.05, 0.1) is 25.9 Å². The zero-order chi connectivity index (χ0) is 43.0. The number of phosphoric ester groups is 1. The minimum atomic E-state index is -4.67. The van der Waals surface area contributed by atoms with Crippen molar-refractivity contribution in [3.05, 3.63) is 48.6 Å². The average Bonchev–Trinajstić information content (AvgIpc) is 3.19. The van der Waals surface area contributed by atoms with Gasteiger partial charge < -0.3 is 29.7 Å². The average molecular weight is 843 g/mol. The van der Waals surface area contributed by atoms with Crippen LogP contribution >= 0.6 is 7.82 Å². The normalized spacial score (nSPS) is 14.9. The molecule has 12 heteroatoms. The Bertz CT molecular complexity index is 1140. The van der Waals surface area contributed by atoms with Gasteiger partial charge in [-0.1, -0.05) is 172 Å². The topological polar surface area (TPSA) is 169 Å². The van der Waals surface area contributed by atoms with Crippen LogP contribution in [0.4, 0.5) is 0 Å². The second-order valence-electron chi connectivity index (χ2n) is 15.8. The van der Waals surface area contributed by atoms with E-state index >= 15 is 0 Å². The van der Waals surface area contributed by atoms with E-state index in [4.69, 9.17) is 19.1 Å². The Balaban J connectivity index is 4.45. The highest BCUT2D eigenvalue weighted by Gasteiger charge is 2.27. The van der Waals surface area contributed by atoms with Crippen LogP contribution in [-0.4, -0.2) is 76.9 Å². The molecule has 0 amide bonds. The number of phosphoric acid groups is 1. The van der Waals surface area contributed by atoms with Crippen molar-refractivity contribution in [2.24, 2.45) is 5.92 Å². The van der Waals surface area contributed by atoms with Gasteiger partial charge in [0, 0.05) is 12.8 Å². The Morgan fingerprint density at radius 2 is 1.17 bits per heavy atom. The summed E-state index contributed by atoms with van der Waals surface area (Å²) in [5.41, 5.74) is 0. The molecule has 0 aromatic carbocycles. The Morgan fingerprint density at radius 1 is 0.621 bits per heavy atom. The number of aliphatic hydroxyl groups is 3. The molecular weight excluding hydrogens is 759 g/mol. The predicted octanol–water partition coefficient (Wildman–Crippen LogP) is 10.9. The molecule has 0 spiro atoms. The van der Waals surface area contributed by atoms with Gasteiger partial charge in [-0.25, -0.2) is 4.57 Å². The van der Waals surface area contributed by atoms with E-state index in [1.165, 1.54) is 89.9 Å². The van der Waals surface area contributed by atoms with Crippen LogP contribution < -0.4 is 0 Å². The maximum absolute atomic E-state index is 12.6. The van der Waals surface area contributed by atoms with Crippen molar-refractivity contribution in [2.45, 2.75) is 200 Å². The molecule has 0 aromatic heterocycles. The highest BCUT2D eigenvalue weighted by Crippen LogP contribution is 2.43. The van der Waals surface area contributed by atoms with E-state index in [0.717, 1.165) is 44.4 Å². The molecule has 0 heterocycles. The van der Waals surface area contributed by atoms with Crippen molar-refractivity contribution in [3.8, 4) is 0 Å². The fraction of sp³-hybridized carbons (Fsp3) is 0.783. The maximum atomic E-state index is 12.6. The largest absolute Gasteiger partial charge is 0.472 e. The van der Waals surface area contributed by atoms with E-state index in [9.17, 15) is 29.3 Å². The second kappa shape index (κ2) is 40.3. The first-order valence-electron chi connectivity index (χ1n) is 22.6. The lowest BCUT2D eigenvalue weighted by molar-refractivity contribution is -0.161. The summed E-state index contributed by atoms with van der Waals surface area (Å²) >= 11 is 0. The summed E-state index contributed by atoms with van der Waals surface area (Å²) in [6.07, 6.45) is 38.2. The number of hydrogen-bond acceptors (Lipinski definition) is 10. The van der Waals surface area contributed by atoms with Crippen molar-refractivity contribution in [1.29, 1.82) is 0 Å². The summed E-state index contributed by atoms with van der Waals surface area (Å²) < 4.78 is 32.6. The standard InChI is InChI=1S/C46H83O11P/c1-4-5-6-7-8-9-10-13-17-20-23-26-29-33-42(48)34-31-36-46(51)57-44(40-56-58(52,53)55-38-43(49)37-47)39-54-45(50)35-30-27-24-21-18-15-12-11-14-16-19-22-25-28-32-41(2)3/h8-9,13,17,23,26,29,33,41-44,47-49H,4-7,10-12,14-16,18-22,24-25,27-28,30-32,34-40H2,1-3H3,(H,52,53)/b9-8-,17-13-,26-23-,33-29+/t42-,43-,44+/m0/s1. The molecule has 0 aromatic rings. The Labute approximate surface area is 352 Å². The first-order chi connectivity index (χ1) is 28.0. The summed E-state index contributed by atoms with van der Waals surface area (Å²) in [5, 5.41) is 28.6. The van der Waals surface area contributed by atoms with Gasteiger partial charge in [0.15, 0.2) is 6.10 Å². The molecule has 58 heavy (non-hydrogen) atoms. The van der Waals surface area contributed by atoms with E-state index in [1.54, 1.807) is 12.2 Å². The van der Waals surface area contributed by atoms with Gasteiger partial charge >= 0.3 is 19.8 Å². The summed E-state index contributed by atoms with van der Waals surface area (Å²) in [5.74, 6) is -0.309. The van der Waals surface area contributed by atoms with Crippen LogP contribution in [0.25, 0.3) is 0 Å². The molecule has 0 fully saturated rings. The number of allylic oxidation sites excluding steroid dienone is 7. The number of esters is 2. The molecule has 1 unspecified atom stereocenters. The fourth-order valence-corrected chi connectivity index (χ4v) is 6.78. The quantitative estimate of drug-likeness (QED) is 0.0152. The minimum Gasteiger partial charge on any atom is -0.462 e. The first-order valence-corrected chi connectivity index (χ1v) is 24.1. The Hall–Kier alpha value is -2.11. The van der Waals surface area contributed by atoms with Gasteiger partial charge in [0.2, 0.25) is 0 Å². The predicted molar refractivity (Wildman–Crippen MR) is 234 cm³/mol. The van der Waals surface area contributed by atoms with Gasteiger partial charge in [-0.05, 0) is 50.9 Å². The first kappa shape index (κ1) is 55.9. The molecule has 0 rings (SSSR count). The van der Waals surface area contributed by atoms with Crippen molar-refractivity contribution in [2.75, 3.05) is 26.4 Å². The molecule has 0 bridgehead atoms. The smallest absolute Gasteiger partial charge is 0.462 e. The third kappa shape index (κ3) is 40.7. The van der Waals surface area contributed by atoms with Gasteiger partial charge in [-0.15, -0.1) is 0 Å². The van der Waals surface area contributed by atoms with Crippen LogP contribution in [0, 0.1) is 5.92 Å². The SMILES string of the molecule is CCCCC/C=C\C/C=C\C/C=C\C=C\[C@H](O)CCCC(=O)O[C@H](COC(=O)CCCCCCCCCCCCCCCCC(C)C)COP(=O)(O)OC[C@@H](O)CO. The fourth-order valence-electron chi connectivity index (χ4n) is 5.99. The van der Waals surface area contributed by atoms with Gasteiger partial charge in [0.1, 0.15) is 12.7 Å². The van der Waals surface area contributed by atoms with Crippen LogP contribution in [0.3, 0.4) is 0 Å². The summed E-state index contributed by atoms with van der Waals surface area (Å²) in [6, 6.07) is 0. The van der Waals surface area contributed by atoms with Crippen molar-refractivity contribution in [1.82, 2.24) is 0 Å². The Kier molecular flexibility index (Phi) is 38.8. The van der Waals surface area contributed by atoms with Crippen LogP contribution in [0.2, 0.25) is 0 Å². The molecule has 0 aliphatic carbocycles. The molecule has 0 aliphatic heterocycles. The highest BCUT2D eigenvalue weighted by molar-refractivity contribution is 7.47. The number of carbonyl (C=O) groups excluding carboxylic acids is 2. The summed E-state index contributed by atoms with van der Waals surface area (Å²) in [6.45, 7) is 4.47. The molecule has 4 atom stereocenters. The maximum Gasteiger partial charge on any atom is 0.472 e. The summed E-state index contributed by atoms with van der Waals surface area (Å²) in [4.78, 5) is 35.0. The van der Waals surface area contributed by atoms with E-state index < -0.39 is 57.9 Å². The van der Waals surface area contributed by atoms with E-state index in [1.807, 2.05) is 12.2 Å². The van der Waals surface area contributed by atoms with E-state index in [2.05, 4.69) is 49.6 Å². The van der Waals surface area contributed by atoms with Crippen LogP contribution in [-0.2, 0) is 32.7 Å². The lowest BCUT2D eigenvalue weighted by atomic mass is 10.0. The number of carbonyl (C=O) groups is 2. The van der Waals surface area contributed by atoms with Crippen molar-refractivity contribution >= 4 is 19.8 Å². The minimum absolute atomic E-state index is 0.0440. The monoisotopic (exact) mass is 843 g/mol. The van der Waals surface area contributed by atoms with Crippen molar-refractivity contribution < 1.29 is 52.9 Å². The van der Waals surface area contributed by atoms with Crippen LogP contribution in [0.1, 0.15) is 181 Å². The van der Waals surface area contributed by atoms with E-state index in [-0.39, 0.29) is 19.4 Å². The Morgan fingerprint density at radius 3 is 1.78 bits per heavy atom. The lowest BCUT2D eigenvalue weighted by Crippen LogP contribution is -2.30. The van der Waals surface area contributed by atoms with Crippen LogP contribution in [0.5, 0.6) is 0 Å². The van der Waals surface area contributed by atoms with Crippen molar-refractivity contribution in [3.63, 3.8) is 0 Å². The van der Waals surface area contributed by atoms with Gasteiger partial charge in [0.25, 0.3) is 0 Å². The molecule has 338 valence electrons. The molecule has 4 N–H and O–H groups in total. The van der Waals surface area contributed by atoms with Gasteiger partial charge in [-0.2, -0.15) is 0 Å². The van der Waals surface area contributed by atoms with Gasteiger partial charge in [-0.3, -0.25) is 18.6 Å². The zero-order valence-corrected chi connectivity index (χ0v) is 37.4. The van der Waals surface area contributed by atoms with E-state index in [0.29, 0.717) is 19.3 Å². The second-order valence-corrected chi connectivity index (χ2v) is 17.2. The third-order valence-corrected chi connectivity index (χ3v) is 10.5. The third-order valence-electron chi connectivity index (χ3n) is 9.52. The molecule has 0 saturated carbocycles.